The lowest BCUT2D eigenvalue weighted by Crippen LogP contribution is -1.30. The van der Waals surface area contributed by atoms with Crippen molar-refractivity contribution in [3.63, 3.8) is 0 Å². The average molecular weight is 62.1 g/mol. The van der Waals surface area contributed by atoms with Crippen LogP contribution in [0, 0.1) is 18.4 Å². The minimum absolute atomic E-state index is 1.84. The topological polar surface area (TPSA) is 0 Å². The van der Waals surface area contributed by atoms with Crippen molar-refractivity contribution >= 4 is 0 Å². The molecule has 0 rings (SSSR count). The zero-order valence-corrected chi connectivity index (χ0v) is 2.71. The van der Waals surface area contributed by atoms with Crippen molar-refractivity contribution in [2.45, 2.75) is 0 Å². The van der Waals surface area contributed by atoms with Crippen LogP contribution in [0.25, 0.3) is 0 Å². The first-order chi connectivity index (χ1) is 2.41. The Kier molecular flexibility index (Phi) is 2.51. The highest BCUT2D eigenvalue weighted by Gasteiger charge is 1.16. The molecule has 0 aliphatic carbocycles. The standard InChI is InChI=1S/C5H2/c1-3-5-4-2/h1H2/q-1. The van der Waals surface area contributed by atoms with Crippen LogP contribution in [0.2, 0.25) is 0 Å². The summed E-state index contributed by atoms with van der Waals surface area (Å²) in [5.74, 6) is 1.84. The van der Waals surface area contributed by atoms with Crippen LogP contribution < -0.4 is 0 Å². The van der Waals surface area contributed by atoms with Crippen LogP contribution in [0.3, 0.4) is 0 Å². The van der Waals surface area contributed by atoms with Gasteiger partial charge in [-0.25, -0.2) is 5.73 Å². The highest BCUT2D eigenvalue weighted by Crippen LogP contribution is 1.46. The molecule has 0 heterocycles. The number of rotatable bonds is 0. The van der Waals surface area contributed by atoms with Gasteiger partial charge >= 0.3 is 0 Å². The van der Waals surface area contributed by atoms with Crippen LogP contribution >= 0.6 is 0 Å². The molecule has 5 heavy (non-hydrogen) atoms. The molecule has 0 unspecified atom stereocenters. The van der Waals surface area contributed by atoms with Gasteiger partial charge in [-0.15, -0.1) is 6.08 Å². The molecule has 1 radical (unpaired) electrons. The smallest absolute Gasteiger partial charge is 0.0765 e. The summed E-state index contributed by atoms with van der Waals surface area (Å²) < 4.78 is 0. The van der Waals surface area contributed by atoms with Gasteiger partial charge in [-0.05, 0) is 0 Å². The molecule has 0 aliphatic heterocycles. The Labute approximate surface area is 31.8 Å². The zero-order valence-electron chi connectivity index (χ0n) is 2.71. The number of hydrogen-bond acceptors (Lipinski definition) is 0. The Balaban J connectivity index is 3.46. The highest BCUT2D eigenvalue weighted by atomic mass is 13.4. The van der Waals surface area contributed by atoms with Gasteiger partial charge in [0.15, 0.2) is 0 Å². The summed E-state index contributed by atoms with van der Waals surface area (Å²) in [7, 11) is 0. The first-order valence-electron chi connectivity index (χ1n) is 1.10. The minimum atomic E-state index is 1.84. The lowest BCUT2D eigenvalue weighted by molar-refractivity contribution is 2.10. The fraction of sp³-hybridized carbons (Fsp3) is 0. The van der Waals surface area contributed by atoms with Crippen LogP contribution in [0.15, 0.2) is 12.3 Å². The SMILES string of the molecule is [C-]#C[C]=C=C. The van der Waals surface area contributed by atoms with E-state index in [1.165, 1.54) is 0 Å². The van der Waals surface area contributed by atoms with Gasteiger partial charge in [-0.1, -0.05) is 6.58 Å². The van der Waals surface area contributed by atoms with E-state index in [2.05, 4.69) is 18.4 Å². The third kappa shape index (κ3) is 3.08. The van der Waals surface area contributed by atoms with Crippen LogP contribution in [0.5, 0.6) is 0 Å². The summed E-state index contributed by atoms with van der Waals surface area (Å²) in [5, 5.41) is 0. The van der Waals surface area contributed by atoms with E-state index in [1.54, 1.807) is 0 Å². The fourth-order valence-corrected chi connectivity index (χ4v) is 0.0442. The Morgan fingerprint density at radius 2 is 2.20 bits per heavy atom. The lowest BCUT2D eigenvalue weighted by Gasteiger charge is -1.60. The van der Waals surface area contributed by atoms with E-state index >= 15 is 0 Å². The maximum Gasteiger partial charge on any atom is -0.0765 e. The van der Waals surface area contributed by atoms with Crippen molar-refractivity contribution in [1.29, 1.82) is 0 Å². The van der Waals surface area contributed by atoms with Crippen molar-refractivity contribution < 1.29 is 0 Å². The van der Waals surface area contributed by atoms with Gasteiger partial charge in [0.25, 0.3) is 0 Å². The Hall–Kier alpha value is -0.920. The quantitative estimate of drug-likeness (QED) is 0.220. The van der Waals surface area contributed by atoms with Gasteiger partial charge in [-0.3, -0.25) is 0 Å². The van der Waals surface area contributed by atoms with Crippen molar-refractivity contribution in [3.8, 4) is 5.92 Å². The third-order valence-electron chi connectivity index (χ3n) is 0.151. The van der Waals surface area contributed by atoms with E-state index in [1.807, 2.05) is 5.92 Å². The van der Waals surface area contributed by atoms with Crippen LogP contribution in [-0.2, 0) is 0 Å². The van der Waals surface area contributed by atoms with E-state index in [9.17, 15) is 0 Å². The van der Waals surface area contributed by atoms with Crippen molar-refractivity contribution in [1.82, 2.24) is 0 Å². The maximum atomic E-state index is 6.14. The van der Waals surface area contributed by atoms with E-state index in [-0.39, 0.29) is 0 Å². The Morgan fingerprint density at radius 3 is 2.20 bits per heavy atom. The Bertz CT molecular complexity index is 87.1. The molecule has 0 bridgehead atoms. The van der Waals surface area contributed by atoms with Gasteiger partial charge in [0.2, 0.25) is 0 Å². The highest BCUT2D eigenvalue weighted by molar-refractivity contribution is 4.92. The molecule has 0 amide bonds. The third-order valence-corrected chi connectivity index (χ3v) is 0.151. The van der Waals surface area contributed by atoms with Crippen molar-refractivity contribution in [2.24, 2.45) is 0 Å². The van der Waals surface area contributed by atoms with Gasteiger partial charge < -0.3 is 12.3 Å². The molecule has 0 heteroatoms. The number of hydrogen-bond donors (Lipinski definition) is 0. The van der Waals surface area contributed by atoms with Gasteiger partial charge in [0.1, 0.15) is 0 Å². The molecule has 0 nitrogen and oxygen atoms in total. The second-order valence-corrected chi connectivity index (χ2v) is 0.427. The van der Waals surface area contributed by atoms with Crippen LogP contribution in [0.1, 0.15) is 0 Å². The van der Waals surface area contributed by atoms with Crippen LogP contribution in [-0.4, -0.2) is 0 Å². The predicted octanol–water partition coefficient (Wildman–Crippen LogP) is 0.720. The molecule has 0 N–H and O–H groups in total. The first kappa shape index (κ1) is 4.08. The second kappa shape index (κ2) is 3.08. The molecule has 0 aromatic heterocycles. The second-order valence-electron chi connectivity index (χ2n) is 0.427. The molecule has 0 saturated heterocycles. The summed E-state index contributed by atoms with van der Waals surface area (Å²) in [4.78, 5) is 0. The molecule has 0 aliphatic rings. The first-order valence-corrected chi connectivity index (χ1v) is 1.10. The largest absolute Gasteiger partial charge is 0.367 e. The minimum Gasteiger partial charge on any atom is -0.367 e. The van der Waals surface area contributed by atoms with Gasteiger partial charge in [0.05, 0.1) is 0 Å². The molecule has 23 valence electrons. The van der Waals surface area contributed by atoms with Crippen molar-refractivity contribution in [2.75, 3.05) is 0 Å². The monoisotopic (exact) mass is 62.0 g/mol. The molecule has 0 fully saturated rings. The fourth-order valence-electron chi connectivity index (χ4n) is 0.0442. The van der Waals surface area contributed by atoms with Gasteiger partial charge in [-0.2, -0.15) is 0 Å². The molecule has 0 aromatic carbocycles. The van der Waals surface area contributed by atoms with E-state index in [0.717, 1.165) is 0 Å². The van der Waals surface area contributed by atoms with Gasteiger partial charge in [0, 0.05) is 0 Å². The molecule has 0 spiro atoms. The molecule has 0 saturated carbocycles. The summed E-state index contributed by atoms with van der Waals surface area (Å²) >= 11 is 0. The number of allylic oxidation sites excluding steroid dienone is 1. The van der Waals surface area contributed by atoms with E-state index in [4.69, 9.17) is 6.42 Å². The normalized spacial score (nSPS) is 3.80. The Morgan fingerprint density at radius 1 is 1.60 bits per heavy atom. The summed E-state index contributed by atoms with van der Waals surface area (Å²) in [5.41, 5.74) is 2.22. The van der Waals surface area contributed by atoms with E-state index in [0.29, 0.717) is 0 Å². The molecular weight excluding hydrogens is 60.1 g/mol. The predicted molar refractivity (Wildman–Crippen MR) is 19.5 cm³/mol. The summed E-state index contributed by atoms with van der Waals surface area (Å²) in [6.45, 7) is 3.13. The summed E-state index contributed by atoms with van der Waals surface area (Å²) in [6.07, 6.45) is 8.31. The lowest BCUT2D eigenvalue weighted by atomic mass is 10.6. The zero-order chi connectivity index (χ0) is 4.12. The van der Waals surface area contributed by atoms with E-state index < -0.39 is 0 Å². The maximum absolute atomic E-state index is 6.14. The van der Waals surface area contributed by atoms with Crippen molar-refractivity contribution in [3.05, 3.63) is 24.8 Å². The summed E-state index contributed by atoms with van der Waals surface area (Å²) in [6, 6.07) is 0. The van der Waals surface area contributed by atoms with Crippen LogP contribution in [0.4, 0.5) is 0 Å². The average Bonchev–Trinajstić information content (AvgIpc) is 1.41. The molecular formula is C5H2-. The molecule has 0 aromatic rings. The molecule has 0 atom stereocenters.